The van der Waals surface area contributed by atoms with Crippen molar-refractivity contribution in [2.24, 2.45) is 5.92 Å². The molecule has 25 heavy (non-hydrogen) atoms. The zero-order valence-corrected chi connectivity index (χ0v) is 16.7. The molecule has 0 spiro atoms. The Morgan fingerprint density at radius 1 is 1.28 bits per heavy atom. The van der Waals surface area contributed by atoms with E-state index in [4.69, 9.17) is 4.74 Å². The number of rotatable bonds is 6. The van der Waals surface area contributed by atoms with Gasteiger partial charge in [-0.2, -0.15) is 0 Å². The maximum Gasteiger partial charge on any atom is 0.197 e. The molecule has 3 aromatic rings. The van der Waals surface area contributed by atoms with Crippen molar-refractivity contribution in [3.05, 3.63) is 48.0 Å². The summed E-state index contributed by atoms with van der Waals surface area (Å²) in [5.74, 6) is 1.29. The second-order valence-corrected chi connectivity index (χ2v) is 7.30. The molecule has 1 aliphatic carbocycles. The number of ether oxygens (including phenoxy) is 1. The predicted molar refractivity (Wildman–Crippen MR) is 94.4 cm³/mol. The molecule has 8 heteroatoms. The summed E-state index contributed by atoms with van der Waals surface area (Å²) < 4.78 is 31.4. The van der Waals surface area contributed by atoms with Gasteiger partial charge < -0.3 is 9.72 Å². The summed E-state index contributed by atoms with van der Waals surface area (Å²) in [6.45, 7) is 0.724. The van der Waals surface area contributed by atoms with E-state index in [0.29, 0.717) is 27.8 Å². The zero-order chi connectivity index (χ0) is 16.5. The Hall–Kier alpha value is -1.28. The molecule has 5 nitrogen and oxygen atoms in total. The van der Waals surface area contributed by atoms with Crippen molar-refractivity contribution in [1.82, 2.24) is 15.0 Å². The van der Waals surface area contributed by atoms with Crippen molar-refractivity contribution in [3.8, 4) is 5.75 Å². The molecule has 0 bridgehead atoms. The van der Waals surface area contributed by atoms with Crippen LogP contribution in [0.2, 0.25) is 0 Å². The number of pyridine rings is 1. The number of aromatic amines is 1. The molecule has 1 fully saturated rings. The minimum Gasteiger partial charge on any atom is -0.493 e. The third kappa shape index (κ3) is 4.67. The average Bonchev–Trinajstić information content (AvgIpc) is 3.31. The van der Waals surface area contributed by atoms with Gasteiger partial charge in [0.2, 0.25) is 0 Å². The Morgan fingerprint density at radius 2 is 2.12 bits per heavy atom. The SMILES string of the molecule is O=S(Cc1cc(OCC2CC2)ccn1)c1nc2ccc(F)cc2[nH]1.[Na]. The number of fused-ring (bicyclic) bond motifs is 1. The molecule has 125 valence electrons. The van der Waals surface area contributed by atoms with Crippen LogP contribution in [0.25, 0.3) is 11.0 Å². The fourth-order valence-corrected chi connectivity index (χ4v) is 3.38. The molecular weight excluding hydrogens is 352 g/mol. The summed E-state index contributed by atoms with van der Waals surface area (Å²) in [5, 5.41) is 0.321. The van der Waals surface area contributed by atoms with Crippen LogP contribution >= 0.6 is 0 Å². The summed E-state index contributed by atoms with van der Waals surface area (Å²) in [6, 6.07) is 7.85. The number of hydrogen-bond donors (Lipinski definition) is 1. The van der Waals surface area contributed by atoms with Crippen molar-refractivity contribution in [2.45, 2.75) is 23.8 Å². The van der Waals surface area contributed by atoms with Crippen molar-refractivity contribution >= 4 is 51.4 Å². The number of aromatic nitrogens is 3. The van der Waals surface area contributed by atoms with Gasteiger partial charge in [-0.3, -0.25) is 9.19 Å². The first-order valence-corrected chi connectivity index (χ1v) is 9.10. The van der Waals surface area contributed by atoms with Crippen LogP contribution in [-0.4, -0.2) is 55.3 Å². The van der Waals surface area contributed by atoms with E-state index in [1.165, 1.54) is 25.0 Å². The average molecular weight is 368 g/mol. The Bertz CT molecular complexity index is 914. The van der Waals surface area contributed by atoms with Crippen LogP contribution in [0.15, 0.2) is 41.7 Å². The number of benzene rings is 1. The van der Waals surface area contributed by atoms with Crippen LogP contribution in [0.4, 0.5) is 4.39 Å². The number of nitrogens with one attached hydrogen (secondary N) is 1. The molecule has 4 rings (SSSR count). The third-order valence-corrected chi connectivity index (χ3v) is 5.07. The normalized spacial score (nSPS) is 14.9. The molecule has 0 amide bonds. The molecule has 1 N–H and O–H groups in total. The minimum atomic E-state index is -1.39. The smallest absolute Gasteiger partial charge is 0.197 e. The van der Waals surface area contributed by atoms with E-state index in [2.05, 4.69) is 15.0 Å². The van der Waals surface area contributed by atoms with Gasteiger partial charge in [0.05, 0.1) is 39.9 Å². The van der Waals surface area contributed by atoms with E-state index in [9.17, 15) is 8.60 Å². The van der Waals surface area contributed by atoms with Crippen LogP contribution < -0.4 is 4.74 Å². The summed E-state index contributed by atoms with van der Waals surface area (Å²) in [5.41, 5.74) is 1.80. The number of H-pyrrole nitrogens is 1. The van der Waals surface area contributed by atoms with Crippen LogP contribution in [0.3, 0.4) is 0 Å². The standard InChI is InChI=1S/C17H16FN3O2S.Na/c18-12-3-4-15-16(7-12)21-17(20-15)24(22)10-13-8-14(5-6-19-13)23-9-11-1-2-11;/h3-8,11H,1-2,9-10H2,(H,20,21);. The molecule has 1 aromatic carbocycles. The number of hydrogen-bond acceptors (Lipinski definition) is 4. The van der Waals surface area contributed by atoms with Gasteiger partial charge in [-0.15, -0.1) is 0 Å². The summed E-state index contributed by atoms with van der Waals surface area (Å²) in [4.78, 5) is 11.4. The first-order valence-electron chi connectivity index (χ1n) is 7.79. The van der Waals surface area contributed by atoms with Gasteiger partial charge >= 0.3 is 0 Å². The molecule has 2 aromatic heterocycles. The summed E-state index contributed by atoms with van der Waals surface area (Å²) in [6.07, 6.45) is 4.12. The van der Waals surface area contributed by atoms with Gasteiger partial charge in [0, 0.05) is 41.8 Å². The largest absolute Gasteiger partial charge is 0.493 e. The van der Waals surface area contributed by atoms with E-state index < -0.39 is 10.8 Å². The van der Waals surface area contributed by atoms with Gasteiger partial charge in [-0.25, -0.2) is 9.37 Å². The van der Waals surface area contributed by atoms with Gasteiger partial charge in [0.15, 0.2) is 5.16 Å². The maximum atomic E-state index is 13.2. The number of nitrogens with zero attached hydrogens (tertiary/aromatic N) is 2. The molecule has 1 aliphatic rings. The Balaban J connectivity index is 0.00000182. The zero-order valence-electron chi connectivity index (χ0n) is 13.9. The molecular formula is C17H16FN3NaO2S. The first-order chi connectivity index (χ1) is 11.7. The van der Waals surface area contributed by atoms with Gasteiger partial charge in [-0.1, -0.05) is 0 Å². The summed E-state index contributed by atoms with van der Waals surface area (Å²) in [7, 11) is -1.39. The van der Waals surface area contributed by atoms with Crippen molar-refractivity contribution in [1.29, 1.82) is 0 Å². The van der Waals surface area contributed by atoms with E-state index >= 15 is 0 Å². The fraction of sp³-hybridized carbons (Fsp3) is 0.294. The van der Waals surface area contributed by atoms with E-state index in [1.807, 2.05) is 6.07 Å². The van der Waals surface area contributed by atoms with Gasteiger partial charge in [0.1, 0.15) is 11.6 Å². The van der Waals surface area contributed by atoms with Crippen LogP contribution in [0.1, 0.15) is 18.5 Å². The molecule has 1 atom stereocenters. The topological polar surface area (TPSA) is 67.9 Å². The van der Waals surface area contributed by atoms with E-state index in [1.54, 1.807) is 18.3 Å². The summed E-state index contributed by atoms with van der Waals surface area (Å²) >= 11 is 0. The second kappa shape index (κ2) is 7.95. The fourth-order valence-electron chi connectivity index (χ4n) is 2.39. The maximum absolute atomic E-state index is 13.2. The number of halogens is 1. The van der Waals surface area contributed by atoms with Crippen LogP contribution in [0, 0.1) is 11.7 Å². The van der Waals surface area contributed by atoms with Crippen molar-refractivity contribution in [2.75, 3.05) is 6.61 Å². The minimum absolute atomic E-state index is 0. The second-order valence-electron chi connectivity index (χ2n) is 5.93. The van der Waals surface area contributed by atoms with Crippen molar-refractivity contribution in [3.63, 3.8) is 0 Å². The predicted octanol–water partition coefficient (Wildman–Crippen LogP) is 2.81. The van der Waals surface area contributed by atoms with Crippen LogP contribution in [-0.2, 0) is 16.6 Å². The molecule has 0 aliphatic heterocycles. The number of imidazole rings is 1. The van der Waals surface area contributed by atoms with E-state index in [0.717, 1.165) is 12.4 Å². The molecule has 1 saturated carbocycles. The molecule has 1 unspecified atom stereocenters. The molecule has 1 radical (unpaired) electrons. The van der Waals surface area contributed by atoms with E-state index in [-0.39, 0.29) is 41.1 Å². The van der Waals surface area contributed by atoms with Gasteiger partial charge in [0.25, 0.3) is 0 Å². The Kier molecular flexibility index (Phi) is 5.89. The molecule has 0 saturated heterocycles. The van der Waals surface area contributed by atoms with Crippen molar-refractivity contribution < 1.29 is 13.3 Å². The quantitative estimate of drug-likeness (QED) is 0.680. The van der Waals surface area contributed by atoms with Gasteiger partial charge in [-0.05, 0) is 43.0 Å². The third-order valence-electron chi connectivity index (χ3n) is 3.89. The monoisotopic (exact) mass is 368 g/mol. The Morgan fingerprint density at radius 3 is 2.92 bits per heavy atom. The molecule has 2 heterocycles. The Labute approximate surface area is 169 Å². The first kappa shape index (κ1) is 18.5. The van der Waals surface area contributed by atoms with Crippen LogP contribution in [0.5, 0.6) is 5.75 Å².